The second kappa shape index (κ2) is 5.90. The molecule has 1 aromatic rings. The Bertz CT molecular complexity index is 396. The Hall–Kier alpha value is -1.84. The Kier molecular flexibility index (Phi) is 4.51. The van der Waals surface area contributed by atoms with Gasteiger partial charge in [0.2, 0.25) is 0 Å². The highest BCUT2D eigenvalue weighted by atomic mass is 16.7. The monoisotopic (exact) mass is 220 g/mol. The molecular weight excluding hydrogens is 204 g/mol. The topological polar surface area (TPSA) is 50.7 Å². The molecule has 0 spiro atoms. The molecule has 0 saturated carbocycles. The van der Waals surface area contributed by atoms with Crippen LogP contribution in [0.4, 0.5) is 10.5 Å². The molecule has 0 fully saturated rings. The second-order valence-electron chi connectivity index (χ2n) is 3.55. The van der Waals surface area contributed by atoms with Gasteiger partial charge >= 0.3 is 6.09 Å². The number of aryl methyl sites for hydroxylation is 1. The molecule has 0 aliphatic rings. The number of oxime groups is 1. The van der Waals surface area contributed by atoms with Gasteiger partial charge in [-0.2, -0.15) is 0 Å². The molecule has 0 aliphatic carbocycles. The third-order valence-electron chi connectivity index (χ3n) is 1.95. The van der Waals surface area contributed by atoms with Gasteiger partial charge in [-0.1, -0.05) is 30.3 Å². The Morgan fingerprint density at radius 3 is 2.69 bits per heavy atom. The number of anilines is 1. The van der Waals surface area contributed by atoms with Crippen LogP contribution in [-0.2, 0) is 11.3 Å². The van der Waals surface area contributed by atoms with Gasteiger partial charge in [-0.25, -0.2) is 4.79 Å². The van der Waals surface area contributed by atoms with Crippen molar-refractivity contribution in [2.75, 3.05) is 5.32 Å². The summed E-state index contributed by atoms with van der Waals surface area (Å²) in [5.41, 5.74) is 2.52. The fourth-order valence-corrected chi connectivity index (χ4v) is 1.22. The van der Waals surface area contributed by atoms with Gasteiger partial charge in [0, 0.05) is 5.69 Å². The van der Waals surface area contributed by atoms with E-state index >= 15 is 0 Å². The van der Waals surface area contributed by atoms with E-state index in [0.717, 1.165) is 17.7 Å². The molecular formula is C12H16N2O2. The first-order valence-electron chi connectivity index (χ1n) is 5.20. The highest BCUT2D eigenvalue weighted by molar-refractivity contribution is 5.86. The molecule has 0 atom stereocenters. The smallest absolute Gasteiger partial charge is 0.298 e. The van der Waals surface area contributed by atoms with Crippen molar-refractivity contribution in [1.82, 2.24) is 0 Å². The maximum absolute atomic E-state index is 11.3. The molecule has 0 bridgehead atoms. The van der Waals surface area contributed by atoms with Crippen molar-refractivity contribution in [3.05, 3.63) is 29.8 Å². The van der Waals surface area contributed by atoms with Crippen LogP contribution in [0.2, 0.25) is 0 Å². The van der Waals surface area contributed by atoms with Crippen molar-refractivity contribution in [2.24, 2.45) is 5.16 Å². The van der Waals surface area contributed by atoms with Crippen LogP contribution in [-0.4, -0.2) is 11.8 Å². The van der Waals surface area contributed by atoms with Crippen LogP contribution in [0.1, 0.15) is 26.3 Å². The van der Waals surface area contributed by atoms with Gasteiger partial charge in [-0.15, -0.1) is 0 Å². The number of nitrogens with one attached hydrogen (secondary N) is 1. The first kappa shape index (κ1) is 12.2. The molecule has 4 nitrogen and oxygen atoms in total. The summed E-state index contributed by atoms with van der Waals surface area (Å²) in [6.45, 7) is 5.54. The summed E-state index contributed by atoms with van der Waals surface area (Å²) in [5, 5.41) is 6.23. The van der Waals surface area contributed by atoms with Gasteiger partial charge in [-0.05, 0) is 31.9 Å². The molecule has 0 aliphatic heterocycles. The summed E-state index contributed by atoms with van der Waals surface area (Å²) in [4.78, 5) is 16.0. The van der Waals surface area contributed by atoms with Crippen LogP contribution in [0.5, 0.6) is 0 Å². The molecule has 1 amide bonds. The van der Waals surface area contributed by atoms with Crippen LogP contribution >= 0.6 is 0 Å². The third-order valence-corrected chi connectivity index (χ3v) is 1.95. The quantitative estimate of drug-likeness (QED) is 0.483. The van der Waals surface area contributed by atoms with E-state index in [-0.39, 0.29) is 0 Å². The summed E-state index contributed by atoms with van der Waals surface area (Å²) in [6, 6.07) is 7.60. The number of amides is 1. The molecule has 1 rings (SSSR count). The van der Waals surface area contributed by atoms with Crippen LogP contribution in [0, 0.1) is 0 Å². The number of benzene rings is 1. The molecule has 86 valence electrons. The maximum Gasteiger partial charge on any atom is 0.437 e. The minimum absolute atomic E-state index is 0.567. The Balaban J connectivity index is 2.66. The maximum atomic E-state index is 11.3. The van der Waals surface area contributed by atoms with Gasteiger partial charge in [0.15, 0.2) is 0 Å². The molecule has 1 N–H and O–H groups in total. The Morgan fingerprint density at radius 2 is 2.06 bits per heavy atom. The first-order valence-corrected chi connectivity index (χ1v) is 5.20. The molecule has 0 radical (unpaired) electrons. The number of nitrogens with zero attached hydrogens (tertiary/aromatic N) is 1. The Labute approximate surface area is 95.3 Å². The molecule has 1 aromatic carbocycles. The predicted octanol–water partition coefficient (Wildman–Crippen LogP) is 3.19. The van der Waals surface area contributed by atoms with Crippen molar-refractivity contribution >= 4 is 17.5 Å². The van der Waals surface area contributed by atoms with E-state index in [0.29, 0.717) is 5.71 Å². The molecule has 0 saturated heterocycles. The molecule has 0 unspecified atom stereocenters. The molecule has 16 heavy (non-hydrogen) atoms. The highest BCUT2D eigenvalue weighted by Gasteiger charge is 2.05. The Morgan fingerprint density at radius 1 is 1.38 bits per heavy atom. The lowest BCUT2D eigenvalue weighted by molar-refractivity contribution is 0.166. The molecule has 0 heterocycles. The second-order valence-corrected chi connectivity index (χ2v) is 3.55. The molecule has 0 aromatic heterocycles. The normalized spacial score (nSPS) is 9.44. The lowest BCUT2D eigenvalue weighted by Gasteiger charge is -2.07. The summed E-state index contributed by atoms with van der Waals surface area (Å²) < 4.78 is 0. The lowest BCUT2D eigenvalue weighted by Crippen LogP contribution is -2.12. The highest BCUT2D eigenvalue weighted by Crippen LogP contribution is 2.15. The third kappa shape index (κ3) is 3.73. The van der Waals surface area contributed by atoms with Crippen LogP contribution in [0.3, 0.4) is 0 Å². The van der Waals surface area contributed by atoms with Gasteiger partial charge in [-0.3, -0.25) is 10.2 Å². The number of para-hydroxylation sites is 1. The summed E-state index contributed by atoms with van der Waals surface area (Å²) in [7, 11) is 0. The number of hydrogen-bond donors (Lipinski definition) is 1. The number of carbonyl (C=O) groups excluding carboxylic acids is 1. The fourth-order valence-electron chi connectivity index (χ4n) is 1.22. The summed E-state index contributed by atoms with van der Waals surface area (Å²) >= 11 is 0. The minimum Gasteiger partial charge on any atom is -0.298 e. The largest absolute Gasteiger partial charge is 0.437 e. The van der Waals surface area contributed by atoms with Crippen molar-refractivity contribution in [3.8, 4) is 0 Å². The predicted molar refractivity (Wildman–Crippen MR) is 64.7 cm³/mol. The number of hydrogen-bond acceptors (Lipinski definition) is 3. The van der Waals surface area contributed by atoms with E-state index in [4.69, 9.17) is 0 Å². The SMILES string of the molecule is CCc1ccccc1NC(=O)ON=C(C)C. The van der Waals surface area contributed by atoms with E-state index < -0.39 is 6.09 Å². The van der Waals surface area contributed by atoms with Crippen LogP contribution < -0.4 is 5.32 Å². The number of carbonyl (C=O) groups is 1. The van der Waals surface area contributed by atoms with Crippen molar-refractivity contribution < 1.29 is 9.63 Å². The van der Waals surface area contributed by atoms with Crippen molar-refractivity contribution in [3.63, 3.8) is 0 Å². The lowest BCUT2D eigenvalue weighted by atomic mass is 10.1. The minimum atomic E-state index is -0.567. The van der Waals surface area contributed by atoms with Crippen LogP contribution in [0.25, 0.3) is 0 Å². The average molecular weight is 220 g/mol. The fraction of sp³-hybridized carbons (Fsp3) is 0.333. The van der Waals surface area contributed by atoms with E-state index in [1.54, 1.807) is 13.8 Å². The van der Waals surface area contributed by atoms with Crippen LogP contribution in [0.15, 0.2) is 29.4 Å². The zero-order valence-electron chi connectivity index (χ0n) is 9.78. The van der Waals surface area contributed by atoms with E-state index in [1.807, 2.05) is 31.2 Å². The van der Waals surface area contributed by atoms with Gasteiger partial charge in [0.25, 0.3) is 0 Å². The van der Waals surface area contributed by atoms with E-state index in [9.17, 15) is 4.79 Å². The standard InChI is InChI=1S/C12H16N2O2/c1-4-10-7-5-6-8-11(10)13-12(15)16-14-9(2)3/h5-8H,4H2,1-3H3,(H,13,15). The van der Waals surface area contributed by atoms with E-state index in [1.165, 1.54) is 0 Å². The summed E-state index contributed by atoms with van der Waals surface area (Å²) in [5.74, 6) is 0. The van der Waals surface area contributed by atoms with Crippen molar-refractivity contribution in [2.45, 2.75) is 27.2 Å². The zero-order valence-corrected chi connectivity index (χ0v) is 9.78. The van der Waals surface area contributed by atoms with Crippen molar-refractivity contribution in [1.29, 1.82) is 0 Å². The molecule has 4 heteroatoms. The van der Waals surface area contributed by atoms with E-state index in [2.05, 4.69) is 15.3 Å². The van der Waals surface area contributed by atoms with Gasteiger partial charge in [0.05, 0.1) is 5.71 Å². The van der Waals surface area contributed by atoms with Gasteiger partial charge in [0.1, 0.15) is 0 Å². The zero-order chi connectivity index (χ0) is 12.0. The van der Waals surface area contributed by atoms with Gasteiger partial charge < -0.3 is 0 Å². The first-order chi connectivity index (χ1) is 7.63. The summed E-state index contributed by atoms with van der Waals surface area (Å²) in [6.07, 6.45) is 0.286. The average Bonchev–Trinajstić information content (AvgIpc) is 2.27. The number of rotatable bonds is 3.